The van der Waals surface area contributed by atoms with E-state index in [0.717, 1.165) is 13.0 Å². The molecule has 2 bridgehead atoms. The van der Waals surface area contributed by atoms with E-state index in [1.807, 2.05) is 0 Å². The maximum absolute atomic E-state index is 12.9. The van der Waals surface area contributed by atoms with Crippen LogP contribution in [0.25, 0.3) is 0 Å². The molecule has 134 valence electrons. The summed E-state index contributed by atoms with van der Waals surface area (Å²) in [5.41, 5.74) is 0.623. The van der Waals surface area contributed by atoms with Crippen molar-refractivity contribution < 1.29 is 13.6 Å². The van der Waals surface area contributed by atoms with Crippen molar-refractivity contribution in [1.29, 1.82) is 0 Å². The second-order valence-electron chi connectivity index (χ2n) is 9.67. The third-order valence-corrected chi connectivity index (χ3v) is 14.5. The van der Waals surface area contributed by atoms with Gasteiger partial charge in [-0.25, -0.2) is 0 Å². The van der Waals surface area contributed by atoms with Gasteiger partial charge in [-0.1, -0.05) is 20.8 Å². The molecule has 0 heterocycles. The van der Waals surface area contributed by atoms with Gasteiger partial charge in [-0.3, -0.25) is 4.79 Å². The average Bonchev–Trinajstić information content (AvgIpc) is 2.96. The first kappa shape index (κ1) is 19.2. The molecular weight excluding hydrogens is 320 g/mol. The van der Waals surface area contributed by atoms with E-state index in [1.165, 1.54) is 12.8 Å². The van der Waals surface area contributed by atoms with Gasteiger partial charge in [0.1, 0.15) is 0 Å². The molecule has 0 aromatic rings. The van der Waals surface area contributed by atoms with E-state index in [-0.39, 0.29) is 16.9 Å². The number of hydrogen-bond donors (Lipinski definition) is 0. The summed E-state index contributed by atoms with van der Waals surface area (Å²) in [6.07, 6.45) is 3.53. The molecule has 2 rings (SSSR count). The Hall–Kier alpha value is -0.136. The fourth-order valence-corrected chi connectivity index (χ4v) is 8.60. The summed E-state index contributed by atoms with van der Waals surface area (Å²) in [4.78, 5) is 12.9. The number of hydrogen-bond acceptors (Lipinski definition) is 3. The molecule has 23 heavy (non-hydrogen) atoms. The molecular formula is C18H36O3Si2. The highest BCUT2D eigenvalue weighted by molar-refractivity contribution is 6.75. The summed E-state index contributed by atoms with van der Waals surface area (Å²) in [6.45, 7) is 18.5. The summed E-state index contributed by atoms with van der Waals surface area (Å²) in [5, 5.41) is 0.0824. The highest BCUT2D eigenvalue weighted by Crippen LogP contribution is 2.58. The molecule has 0 aliphatic heterocycles. The summed E-state index contributed by atoms with van der Waals surface area (Å²) in [5.74, 6) is 1.44. The number of fused-ring (bicyclic) bond motifs is 2. The topological polar surface area (TPSA) is 35.5 Å². The van der Waals surface area contributed by atoms with Crippen molar-refractivity contribution in [1.82, 2.24) is 0 Å². The first-order valence-electron chi connectivity index (χ1n) is 9.26. The Bertz CT molecular complexity index is 454. The molecule has 4 atom stereocenters. The normalized spacial score (nSPS) is 31.5. The van der Waals surface area contributed by atoms with Crippen LogP contribution in [0.1, 0.15) is 47.0 Å². The Morgan fingerprint density at radius 3 is 2.17 bits per heavy atom. The third kappa shape index (κ3) is 3.77. The van der Waals surface area contributed by atoms with Crippen molar-refractivity contribution in [2.24, 2.45) is 17.8 Å². The van der Waals surface area contributed by atoms with Gasteiger partial charge in [0.2, 0.25) is 0 Å². The Kier molecular flexibility index (Phi) is 5.26. The molecule has 0 radical (unpaired) electrons. The monoisotopic (exact) mass is 356 g/mol. The lowest BCUT2D eigenvalue weighted by Gasteiger charge is -2.40. The number of carbonyl (C=O) groups is 1. The van der Waals surface area contributed by atoms with Crippen LogP contribution in [-0.2, 0) is 13.6 Å². The van der Waals surface area contributed by atoms with E-state index in [9.17, 15) is 4.79 Å². The molecule has 2 aliphatic carbocycles. The van der Waals surface area contributed by atoms with Gasteiger partial charge in [0.15, 0.2) is 8.32 Å². The van der Waals surface area contributed by atoms with Crippen LogP contribution in [0.2, 0.25) is 36.8 Å². The zero-order valence-electron chi connectivity index (χ0n) is 16.4. The van der Waals surface area contributed by atoms with Crippen LogP contribution in [0.3, 0.4) is 0 Å². The van der Waals surface area contributed by atoms with Crippen LogP contribution in [0.5, 0.6) is 0 Å². The highest BCUT2D eigenvalue weighted by atomic mass is 28.4. The molecule has 2 fully saturated rings. The maximum atomic E-state index is 12.9. The molecule has 2 saturated carbocycles. The molecule has 0 aromatic heterocycles. The zero-order valence-corrected chi connectivity index (χ0v) is 18.4. The van der Waals surface area contributed by atoms with Crippen molar-refractivity contribution in [3.05, 3.63) is 0 Å². The van der Waals surface area contributed by atoms with Crippen LogP contribution in [0.15, 0.2) is 0 Å². The lowest BCUT2D eigenvalue weighted by atomic mass is 9.88. The van der Waals surface area contributed by atoms with Crippen molar-refractivity contribution in [2.75, 3.05) is 6.61 Å². The van der Waals surface area contributed by atoms with E-state index in [2.05, 4.69) is 53.9 Å². The molecule has 0 amide bonds. The summed E-state index contributed by atoms with van der Waals surface area (Å²) < 4.78 is 12.3. The minimum atomic E-state index is -2.02. The minimum Gasteiger partial charge on any atom is -0.519 e. The van der Waals surface area contributed by atoms with Gasteiger partial charge in [-0.15, -0.1) is 0 Å². The lowest BCUT2D eigenvalue weighted by molar-refractivity contribution is -0.141. The summed E-state index contributed by atoms with van der Waals surface area (Å²) in [6, 6.07) is 0. The quantitative estimate of drug-likeness (QED) is 0.636. The predicted molar refractivity (Wildman–Crippen MR) is 100 cm³/mol. The molecule has 2 aliphatic rings. The van der Waals surface area contributed by atoms with E-state index in [4.69, 9.17) is 8.85 Å². The van der Waals surface area contributed by atoms with Crippen LogP contribution < -0.4 is 0 Å². The van der Waals surface area contributed by atoms with Crippen molar-refractivity contribution >= 4 is 22.6 Å². The van der Waals surface area contributed by atoms with Crippen molar-refractivity contribution in [2.45, 2.75) is 83.7 Å². The van der Waals surface area contributed by atoms with Gasteiger partial charge < -0.3 is 8.85 Å². The van der Waals surface area contributed by atoms with Gasteiger partial charge in [0.25, 0.3) is 14.3 Å². The van der Waals surface area contributed by atoms with Crippen molar-refractivity contribution in [3.8, 4) is 0 Å². The van der Waals surface area contributed by atoms with Crippen LogP contribution in [0.4, 0.5) is 0 Å². The first-order chi connectivity index (χ1) is 10.4. The number of rotatable bonds is 5. The average molecular weight is 357 g/mol. The van der Waals surface area contributed by atoms with E-state index in [1.54, 1.807) is 0 Å². The first-order valence-corrected chi connectivity index (χ1v) is 15.1. The van der Waals surface area contributed by atoms with Gasteiger partial charge in [0, 0.05) is 6.61 Å². The Morgan fingerprint density at radius 1 is 1.09 bits per heavy atom. The maximum Gasteiger partial charge on any atom is 0.295 e. The van der Waals surface area contributed by atoms with Gasteiger partial charge in [-0.05, 0) is 74.8 Å². The Morgan fingerprint density at radius 2 is 1.70 bits per heavy atom. The lowest BCUT2D eigenvalue weighted by Crippen LogP contribution is -2.47. The largest absolute Gasteiger partial charge is 0.519 e. The molecule has 3 nitrogen and oxygen atoms in total. The minimum absolute atomic E-state index is 0.0824. The summed E-state index contributed by atoms with van der Waals surface area (Å²) >= 11 is 0. The highest BCUT2D eigenvalue weighted by Gasteiger charge is 2.56. The Labute approximate surface area is 144 Å². The predicted octanol–water partition coefficient (Wildman–Crippen LogP) is 5.19. The Balaban J connectivity index is 2.09. The van der Waals surface area contributed by atoms with Crippen LogP contribution in [0, 0.1) is 17.8 Å². The van der Waals surface area contributed by atoms with Gasteiger partial charge in [0.05, 0.1) is 5.92 Å². The van der Waals surface area contributed by atoms with Crippen LogP contribution in [-0.4, -0.2) is 29.2 Å². The van der Waals surface area contributed by atoms with Gasteiger partial charge >= 0.3 is 0 Å². The van der Waals surface area contributed by atoms with E-state index >= 15 is 0 Å². The molecule has 0 N–H and O–H groups in total. The molecule has 0 saturated heterocycles. The van der Waals surface area contributed by atoms with Gasteiger partial charge in [-0.2, -0.15) is 0 Å². The van der Waals surface area contributed by atoms with Crippen molar-refractivity contribution in [3.63, 3.8) is 0 Å². The summed E-state index contributed by atoms with van der Waals surface area (Å²) in [7, 11) is -3.72. The third-order valence-electron chi connectivity index (χ3n) is 6.69. The van der Waals surface area contributed by atoms with E-state index < -0.39 is 16.6 Å². The zero-order chi connectivity index (χ0) is 17.6. The molecule has 4 unspecified atom stereocenters. The SMILES string of the molecule is CCO[Si](C)(C)C1CC2CC(C(=O)O[Si](C)(C)C(C)(C)C)C1C2. The fourth-order valence-electron chi connectivity index (χ4n) is 4.38. The molecule has 0 spiro atoms. The second-order valence-corrected chi connectivity index (χ2v) is 18.6. The smallest absolute Gasteiger partial charge is 0.295 e. The van der Waals surface area contributed by atoms with E-state index in [0.29, 0.717) is 17.4 Å². The molecule has 0 aromatic carbocycles. The second kappa shape index (κ2) is 6.30. The fraction of sp³-hybridized carbons (Fsp3) is 0.944. The molecule has 5 heteroatoms. The standard InChI is InChI=1S/C18H36O3Si2/c1-9-20-22(5,6)16-12-13-10-14(16)15(11-13)17(19)21-23(7,8)18(2,3)4/h13-16H,9-12H2,1-8H3. The number of carbonyl (C=O) groups excluding carboxylic acids is 1. The van der Waals surface area contributed by atoms with Crippen LogP contribution >= 0.6 is 0 Å².